The highest BCUT2D eigenvalue weighted by atomic mass is 19.3. The van der Waals surface area contributed by atoms with Crippen LogP contribution in [0.5, 0.6) is 5.75 Å². The molecule has 24 heavy (non-hydrogen) atoms. The first kappa shape index (κ1) is 17.5. The first-order chi connectivity index (χ1) is 11.5. The molecule has 1 aromatic carbocycles. The van der Waals surface area contributed by atoms with Crippen LogP contribution in [-0.2, 0) is 4.74 Å². The summed E-state index contributed by atoms with van der Waals surface area (Å²) < 4.78 is 61.7. The molecule has 0 aromatic heterocycles. The third kappa shape index (κ3) is 3.68. The quantitative estimate of drug-likeness (QED) is 0.692. The Bertz CT molecular complexity index is 555. The number of methoxy groups -OCH3 is 1. The topological polar surface area (TPSA) is 18.5 Å². The Hall–Kier alpha value is -1.30. The van der Waals surface area contributed by atoms with Gasteiger partial charge in [-0.3, -0.25) is 0 Å². The van der Waals surface area contributed by atoms with Crippen molar-refractivity contribution < 1.29 is 27.0 Å². The van der Waals surface area contributed by atoms with Crippen molar-refractivity contribution in [1.82, 2.24) is 0 Å². The van der Waals surface area contributed by atoms with E-state index in [9.17, 15) is 17.6 Å². The molecule has 0 bridgehead atoms. The van der Waals surface area contributed by atoms with Gasteiger partial charge in [0.25, 0.3) is 0 Å². The van der Waals surface area contributed by atoms with Crippen molar-refractivity contribution in [2.45, 2.75) is 57.2 Å². The van der Waals surface area contributed by atoms with Crippen LogP contribution in [0.1, 0.15) is 50.0 Å². The van der Waals surface area contributed by atoms with E-state index in [1.54, 1.807) is 7.11 Å². The summed E-state index contributed by atoms with van der Waals surface area (Å²) in [4.78, 5) is 0. The molecule has 1 aromatic rings. The Balaban J connectivity index is 1.72. The van der Waals surface area contributed by atoms with Crippen LogP contribution in [0.25, 0.3) is 0 Å². The SMILES string of the molecule is COC1CCC2CC(c3cc(F)c(OC(F)F)c(F)c3)CCC2C1. The van der Waals surface area contributed by atoms with E-state index in [4.69, 9.17) is 4.74 Å². The molecule has 0 heterocycles. The number of hydrogen-bond acceptors (Lipinski definition) is 2. The first-order valence-corrected chi connectivity index (χ1v) is 8.44. The number of alkyl halides is 2. The van der Waals surface area contributed by atoms with Crippen molar-refractivity contribution in [2.75, 3.05) is 7.11 Å². The summed E-state index contributed by atoms with van der Waals surface area (Å²) in [5.74, 6) is -1.90. The van der Waals surface area contributed by atoms with Crippen molar-refractivity contribution in [1.29, 1.82) is 0 Å². The summed E-state index contributed by atoms with van der Waals surface area (Å²) in [6, 6.07) is 2.29. The molecular formula is C18H22F4O2. The lowest BCUT2D eigenvalue weighted by Gasteiger charge is -2.42. The van der Waals surface area contributed by atoms with Crippen molar-refractivity contribution in [2.24, 2.45) is 11.8 Å². The molecule has 2 nitrogen and oxygen atoms in total. The lowest BCUT2D eigenvalue weighted by molar-refractivity contribution is -0.0547. The van der Waals surface area contributed by atoms with Crippen molar-refractivity contribution in [3.05, 3.63) is 29.3 Å². The second-order valence-corrected chi connectivity index (χ2v) is 6.89. The molecule has 3 rings (SSSR count). The highest BCUT2D eigenvalue weighted by Gasteiger charge is 2.36. The Kier molecular flexibility index (Phi) is 5.33. The largest absolute Gasteiger partial charge is 0.429 e. The van der Waals surface area contributed by atoms with Gasteiger partial charge in [-0.05, 0) is 74.0 Å². The number of benzene rings is 1. The highest BCUT2D eigenvalue weighted by molar-refractivity contribution is 5.33. The van der Waals surface area contributed by atoms with Gasteiger partial charge in [0.1, 0.15) is 0 Å². The number of rotatable bonds is 4. The normalized spacial score (nSPS) is 30.2. The highest BCUT2D eigenvalue weighted by Crippen LogP contribution is 2.47. The molecule has 2 aliphatic carbocycles. The maximum Gasteiger partial charge on any atom is 0.387 e. The minimum Gasteiger partial charge on any atom is -0.429 e. The van der Waals surface area contributed by atoms with Crippen LogP contribution in [0.2, 0.25) is 0 Å². The first-order valence-electron chi connectivity index (χ1n) is 8.44. The third-order valence-electron chi connectivity index (χ3n) is 5.60. The summed E-state index contributed by atoms with van der Waals surface area (Å²) in [5, 5.41) is 0. The zero-order valence-electron chi connectivity index (χ0n) is 13.6. The molecule has 4 atom stereocenters. The third-order valence-corrected chi connectivity index (χ3v) is 5.60. The Morgan fingerprint density at radius 2 is 1.58 bits per heavy atom. The molecule has 6 heteroatoms. The van der Waals surface area contributed by atoms with Crippen LogP contribution in [0, 0.1) is 23.5 Å². The molecule has 4 unspecified atom stereocenters. The standard InChI is InChI=1S/C18H22F4O2/c1-23-14-5-4-10-6-11(2-3-12(10)7-14)13-8-15(19)17(16(20)9-13)24-18(21)22/h8-12,14,18H,2-7H2,1H3. The maximum absolute atomic E-state index is 13.9. The van der Waals surface area contributed by atoms with E-state index in [1.807, 2.05) is 0 Å². The van der Waals surface area contributed by atoms with Gasteiger partial charge in [0.05, 0.1) is 6.10 Å². The lowest BCUT2D eigenvalue weighted by Crippen LogP contribution is -2.33. The smallest absolute Gasteiger partial charge is 0.387 e. The van der Waals surface area contributed by atoms with E-state index in [-0.39, 0.29) is 5.92 Å². The van der Waals surface area contributed by atoms with Crippen LogP contribution in [-0.4, -0.2) is 19.8 Å². The van der Waals surface area contributed by atoms with Gasteiger partial charge in [-0.1, -0.05) is 0 Å². The van der Waals surface area contributed by atoms with E-state index in [2.05, 4.69) is 4.74 Å². The molecule has 0 saturated heterocycles. The fourth-order valence-corrected chi connectivity index (χ4v) is 4.38. The van der Waals surface area contributed by atoms with E-state index in [1.165, 1.54) is 0 Å². The van der Waals surface area contributed by atoms with Crippen LogP contribution in [0.15, 0.2) is 12.1 Å². The molecular weight excluding hydrogens is 324 g/mol. The van der Waals surface area contributed by atoms with Gasteiger partial charge < -0.3 is 9.47 Å². The minimum absolute atomic E-state index is 0.0648. The van der Waals surface area contributed by atoms with Gasteiger partial charge in [0.15, 0.2) is 17.4 Å². The maximum atomic E-state index is 13.9. The van der Waals surface area contributed by atoms with Crippen LogP contribution < -0.4 is 4.74 Å². The van der Waals surface area contributed by atoms with E-state index < -0.39 is 24.0 Å². The van der Waals surface area contributed by atoms with Crippen molar-refractivity contribution in [3.8, 4) is 5.75 Å². The monoisotopic (exact) mass is 346 g/mol. The number of ether oxygens (including phenoxy) is 2. The van der Waals surface area contributed by atoms with Gasteiger partial charge in [0, 0.05) is 7.11 Å². The molecule has 2 fully saturated rings. The fourth-order valence-electron chi connectivity index (χ4n) is 4.38. The van der Waals surface area contributed by atoms with Crippen LogP contribution in [0.3, 0.4) is 0 Å². The molecule has 0 N–H and O–H groups in total. The summed E-state index contributed by atoms with van der Waals surface area (Å²) in [6.07, 6.45) is 6.21. The zero-order valence-corrected chi connectivity index (χ0v) is 13.6. The second-order valence-electron chi connectivity index (χ2n) is 6.89. The minimum atomic E-state index is -3.24. The molecule has 0 radical (unpaired) electrons. The Morgan fingerprint density at radius 1 is 0.958 bits per heavy atom. The molecule has 2 saturated carbocycles. The van der Waals surface area contributed by atoms with Gasteiger partial charge >= 0.3 is 6.61 Å². The summed E-state index contributed by atoms with van der Waals surface area (Å²) in [7, 11) is 1.74. The summed E-state index contributed by atoms with van der Waals surface area (Å²) >= 11 is 0. The average molecular weight is 346 g/mol. The summed E-state index contributed by atoms with van der Waals surface area (Å²) in [6.45, 7) is -3.24. The molecule has 134 valence electrons. The van der Waals surface area contributed by atoms with Crippen LogP contribution >= 0.6 is 0 Å². The van der Waals surface area contributed by atoms with Gasteiger partial charge in [0.2, 0.25) is 0 Å². The Morgan fingerprint density at radius 3 is 2.21 bits per heavy atom. The Labute approximate surface area is 139 Å². The fraction of sp³-hybridized carbons (Fsp3) is 0.667. The van der Waals surface area contributed by atoms with Crippen molar-refractivity contribution in [3.63, 3.8) is 0 Å². The van der Waals surface area contributed by atoms with E-state index >= 15 is 0 Å². The van der Waals surface area contributed by atoms with E-state index in [0.29, 0.717) is 23.5 Å². The van der Waals surface area contributed by atoms with E-state index in [0.717, 1.165) is 50.7 Å². The molecule has 2 aliphatic rings. The number of hydrogen-bond donors (Lipinski definition) is 0. The predicted octanol–water partition coefficient (Wildman–Crippen LogP) is 5.27. The summed E-state index contributed by atoms with van der Waals surface area (Å²) in [5.41, 5.74) is 0.541. The predicted molar refractivity (Wildman–Crippen MR) is 81.2 cm³/mol. The molecule has 0 aliphatic heterocycles. The number of halogens is 4. The molecule has 0 spiro atoms. The number of fused-ring (bicyclic) bond motifs is 1. The van der Waals surface area contributed by atoms with Gasteiger partial charge in [-0.15, -0.1) is 0 Å². The van der Waals surface area contributed by atoms with Crippen LogP contribution in [0.4, 0.5) is 17.6 Å². The second kappa shape index (κ2) is 7.30. The van der Waals surface area contributed by atoms with Crippen molar-refractivity contribution >= 4 is 0 Å². The zero-order chi connectivity index (χ0) is 17.3. The molecule has 0 amide bonds. The average Bonchev–Trinajstić information content (AvgIpc) is 2.56. The van der Waals surface area contributed by atoms with Gasteiger partial charge in [-0.2, -0.15) is 8.78 Å². The van der Waals surface area contributed by atoms with Gasteiger partial charge in [-0.25, -0.2) is 8.78 Å². The lowest BCUT2D eigenvalue weighted by atomic mass is 9.65.